The predicted molar refractivity (Wildman–Crippen MR) is 73.9 cm³/mol. The molecule has 5 heteroatoms. The van der Waals surface area contributed by atoms with Crippen molar-refractivity contribution in [3.05, 3.63) is 6.07 Å². The lowest BCUT2D eigenvalue weighted by Gasteiger charge is -2.25. The highest BCUT2D eigenvalue weighted by Gasteiger charge is 2.29. The third-order valence-electron chi connectivity index (χ3n) is 3.21. The summed E-state index contributed by atoms with van der Waals surface area (Å²) in [5.74, 6) is 2.49. The number of benzene rings is 1. The van der Waals surface area contributed by atoms with Crippen molar-refractivity contribution in [3.63, 3.8) is 0 Å². The van der Waals surface area contributed by atoms with Crippen LogP contribution in [0.25, 0.3) is 0 Å². The SMILES string of the molecule is COc1cc2c(c(OC)c1OC)NCCC(C)(C)O2. The molecule has 0 aliphatic carbocycles. The fourth-order valence-corrected chi connectivity index (χ4v) is 2.22. The number of methoxy groups -OCH3 is 3. The summed E-state index contributed by atoms with van der Waals surface area (Å²) in [5, 5.41) is 3.34. The summed E-state index contributed by atoms with van der Waals surface area (Å²) >= 11 is 0. The van der Waals surface area contributed by atoms with Gasteiger partial charge in [-0.1, -0.05) is 0 Å². The Hall–Kier alpha value is -1.78. The van der Waals surface area contributed by atoms with Gasteiger partial charge in [0.05, 0.1) is 21.3 Å². The van der Waals surface area contributed by atoms with Crippen LogP contribution in [0.3, 0.4) is 0 Å². The fraction of sp³-hybridized carbons (Fsp3) is 0.571. The van der Waals surface area contributed by atoms with Gasteiger partial charge >= 0.3 is 0 Å². The van der Waals surface area contributed by atoms with Gasteiger partial charge in [-0.3, -0.25) is 0 Å². The topological polar surface area (TPSA) is 49.0 Å². The molecule has 0 aromatic heterocycles. The van der Waals surface area contributed by atoms with E-state index in [1.807, 2.05) is 6.07 Å². The number of fused-ring (bicyclic) bond motifs is 1. The van der Waals surface area contributed by atoms with Gasteiger partial charge in [0.15, 0.2) is 17.2 Å². The van der Waals surface area contributed by atoms with E-state index in [0.717, 1.165) is 24.4 Å². The lowest BCUT2D eigenvalue weighted by molar-refractivity contribution is 0.108. The molecule has 0 radical (unpaired) electrons. The maximum atomic E-state index is 6.05. The van der Waals surface area contributed by atoms with Crippen LogP contribution in [0.1, 0.15) is 20.3 Å². The quantitative estimate of drug-likeness (QED) is 0.912. The average molecular weight is 267 g/mol. The van der Waals surface area contributed by atoms with E-state index in [1.54, 1.807) is 21.3 Å². The van der Waals surface area contributed by atoms with Crippen LogP contribution in [0.5, 0.6) is 23.0 Å². The first kappa shape index (κ1) is 13.6. The number of nitrogens with one attached hydrogen (secondary N) is 1. The lowest BCUT2D eigenvalue weighted by atomic mass is 10.1. The van der Waals surface area contributed by atoms with Crippen molar-refractivity contribution >= 4 is 5.69 Å². The fourth-order valence-electron chi connectivity index (χ4n) is 2.22. The van der Waals surface area contributed by atoms with Crippen LogP contribution in [0, 0.1) is 0 Å². The first-order valence-corrected chi connectivity index (χ1v) is 6.28. The van der Waals surface area contributed by atoms with E-state index in [2.05, 4.69) is 19.2 Å². The van der Waals surface area contributed by atoms with Crippen LogP contribution < -0.4 is 24.3 Å². The number of anilines is 1. The first-order chi connectivity index (χ1) is 9.02. The molecule has 0 fully saturated rings. The third kappa shape index (κ3) is 2.50. The van der Waals surface area contributed by atoms with E-state index in [-0.39, 0.29) is 5.60 Å². The zero-order chi connectivity index (χ0) is 14.0. The minimum atomic E-state index is -0.233. The van der Waals surface area contributed by atoms with Gasteiger partial charge in [-0.2, -0.15) is 0 Å². The molecule has 2 rings (SSSR count). The van der Waals surface area contributed by atoms with Crippen LogP contribution in [0.15, 0.2) is 6.07 Å². The summed E-state index contributed by atoms with van der Waals surface area (Å²) in [6.07, 6.45) is 0.898. The second-order valence-corrected chi connectivity index (χ2v) is 5.06. The monoisotopic (exact) mass is 267 g/mol. The lowest BCUT2D eigenvalue weighted by Crippen LogP contribution is -2.28. The van der Waals surface area contributed by atoms with Crippen LogP contribution in [-0.2, 0) is 0 Å². The second kappa shape index (κ2) is 5.07. The zero-order valence-electron chi connectivity index (χ0n) is 12.1. The standard InChI is InChI=1S/C14H21NO4/c1-14(2)6-7-15-11-9(19-14)8-10(16-3)12(17-4)13(11)18-5/h8,15H,6-7H2,1-5H3. The molecule has 0 amide bonds. The molecule has 1 aromatic carbocycles. The average Bonchev–Trinajstić information content (AvgIpc) is 2.52. The summed E-state index contributed by atoms with van der Waals surface area (Å²) in [5.41, 5.74) is 0.578. The first-order valence-electron chi connectivity index (χ1n) is 6.28. The van der Waals surface area contributed by atoms with Crippen LogP contribution >= 0.6 is 0 Å². The van der Waals surface area contributed by atoms with Gasteiger partial charge in [0.2, 0.25) is 5.75 Å². The molecule has 1 heterocycles. The van der Waals surface area contributed by atoms with Gasteiger partial charge in [0.25, 0.3) is 0 Å². The van der Waals surface area contributed by atoms with Crippen molar-refractivity contribution < 1.29 is 18.9 Å². The van der Waals surface area contributed by atoms with Gasteiger partial charge < -0.3 is 24.3 Å². The van der Waals surface area contributed by atoms with Crippen molar-refractivity contribution in [2.24, 2.45) is 0 Å². The predicted octanol–water partition coefficient (Wildman–Crippen LogP) is 2.69. The van der Waals surface area contributed by atoms with Gasteiger partial charge in [0, 0.05) is 19.0 Å². The maximum Gasteiger partial charge on any atom is 0.205 e. The normalized spacial score (nSPS) is 16.5. The van der Waals surface area contributed by atoms with Crippen LogP contribution in [0.2, 0.25) is 0 Å². The molecule has 1 N–H and O–H groups in total. The molecule has 1 aliphatic heterocycles. The Labute approximate surface area is 113 Å². The Morgan fingerprint density at radius 2 is 1.79 bits per heavy atom. The molecule has 0 spiro atoms. The largest absolute Gasteiger partial charge is 0.493 e. The summed E-state index contributed by atoms with van der Waals surface area (Å²) < 4.78 is 22.2. The van der Waals surface area contributed by atoms with Crippen LogP contribution in [-0.4, -0.2) is 33.5 Å². The summed E-state index contributed by atoms with van der Waals surface area (Å²) in [7, 11) is 4.79. The Balaban J connectivity index is 2.60. The molecule has 106 valence electrons. The Kier molecular flexibility index (Phi) is 3.64. The Morgan fingerprint density at radius 1 is 1.11 bits per heavy atom. The van der Waals surface area contributed by atoms with Crippen molar-refractivity contribution in [3.8, 4) is 23.0 Å². The molecule has 0 atom stereocenters. The highest BCUT2D eigenvalue weighted by molar-refractivity contribution is 5.75. The van der Waals surface area contributed by atoms with Crippen molar-refractivity contribution in [2.45, 2.75) is 25.9 Å². The van der Waals surface area contributed by atoms with Crippen LogP contribution in [0.4, 0.5) is 5.69 Å². The molecule has 0 saturated heterocycles. The van der Waals surface area contributed by atoms with Gasteiger partial charge in [-0.05, 0) is 13.8 Å². The summed E-state index contributed by atoms with van der Waals surface area (Å²) in [6.45, 7) is 4.94. The molecule has 19 heavy (non-hydrogen) atoms. The van der Waals surface area contributed by atoms with E-state index >= 15 is 0 Å². The van der Waals surface area contributed by atoms with E-state index in [1.165, 1.54) is 0 Å². The zero-order valence-corrected chi connectivity index (χ0v) is 12.1. The minimum Gasteiger partial charge on any atom is -0.493 e. The van der Waals surface area contributed by atoms with Gasteiger partial charge in [-0.15, -0.1) is 0 Å². The summed E-state index contributed by atoms with van der Waals surface area (Å²) in [4.78, 5) is 0. The van der Waals surface area contributed by atoms with E-state index in [9.17, 15) is 0 Å². The molecule has 1 aliphatic rings. The molecule has 0 bridgehead atoms. The molecule has 0 saturated carbocycles. The van der Waals surface area contributed by atoms with E-state index < -0.39 is 0 Å². The Bertz CT molecular complexity index is 471. The number of hydrogen-bond donors (Lipinski definition) is 1. The highest BCUT2D eigenvalue weighted by Crippen LogP contribution is 2.50. The second-order valence-electron chi connectivity index (χ2n) is 5.06. The highest BCUT2D eigenvalue weighted by atomic mass is 16.5. The molecule has 1 aromatic rings. The molecular formula is C14H21NO4. The number of ether oxygens (including phenoxy) is 4. The van der Waals surface area contributed by atoms with Crippen molar-refractivity contribution in [2.75, 3.05) is 33.2 Å². The van der Waals surface area contributed by atoms with Gasteiger partial charge in [-0.25, -0.2) is 0 Å². The van der Waals surface area contributed by atoms with E-state index in [4.69, 9.17) is 18.9 Å². The van der Waals surface area contributed by atoms with Crippen molar-refractivity contribution in [1.82, 2.24) is 0 Å². The number of hydrogen-bond acceptors (Lipinski definition) is 5. The number of rotatable bonds is 3. The summed E-state index contributed by atoms with van der Waals surface area (Å²) in [6, 6.07) is 1.83. The molecular weight excluding hydrogens is 246 g/mol. The van der Waals surface area contributed by atoms with Gasteiger partial charge in [0.1, 0.15) is 11.3 Å². The van der Waals surface area contributed by atoms with E-state index in [0.29, 0.717) is 17.2 Å². The Morgan fingerprint density at radius 3 is 2.37 bits per heavy atom. The maximum absolute atomic E-state index is 6.05. The molecule has 5 nitrogen and oxygen atoms in total. The third-order valence-corrected chi connectivity index (χ3v) is 3.21. The molecule has 0 unspecified atom stereocenters. The minimum absolute atomic E-state index is 0.233. The van der Waals surface area contributed by atoms with Crippen molar-refractivity contribution in [1.29, 1.82) is 0 Å². The smallest absolute Gasteiger partial charge is 0.205 e.